The molecule has 0 aliphatic heterocycles. The van der Waals surface area contributed by atoms with Gasteiger partial charge < -0.3 is 4.74 Å². The van der Waals surface area contributed by atoms with Gasteiger partial charge in [0.05, 0.1) is 6.54 Å². The molecule has 1 amide bonds. The van der Waals surface area contributed by atoms with Crippen molar-refractivity contribution in [3.8, 4) is 5.75 Å². The monoisotopic (exact) mass is 380 g/mol. The number of ether oxygens (including phenoxy) is 1. The number of rotatable bonds is 7. The van der Waals surface area contributed by atoms with Crippen LogP contribution in [0, 0.1) is 0 Å². The van der Waals surface area contributed by atoms with Gasteiger partial charge in [0.2, 0.25) is 0 Å². The fourth-order valence-electron chi connectivity index (χ4n) is 2.63. The summed E-state index contributed by atoms with van der Waals surface area (Å²) < 4.78 is 5.62. The van der Waals surface area contributed by atoms with Crippen molar-refractivity contribution in [1.82, 2.24) is 4.98 Å². The fourth-order valence-corrected chi connectivity index (χ4v) is 2.75. The minimum atomic E-state index is -0.164. The van der Waals surface area contributed by atoms with Crippen LogP contribution >= 0.6 is 11.6 Å². The van der Waals surface area contributed by atoms with Crippen LogP contribution in [0.25, 0.3) is 0 Å². The zero-order valence-electron chi connectivity index (χ0n) is 15.1. The highest BCUT2D eigenvalue weighted by molar-refractivity contribution is 6.30. The number of pyridine rings is 1. The summed E-state index contributed by atoms with van der Waals surface area (Å²) in [6.07, 6.45) is 2.66. The van der Waals surface area contributed by atoms with E-state index in [9.17, 15) is 4.79 Å². The van der Waals surface area contributed by atoms with Crippen LogP contribution in [-0.2, 0) is 17.8 Å². The van der Waals surface area contributed by atoms with Crippen LogP contribution < -0.4 is 9.64 Å². The zero-order chi connectivity index (χ0) is 19.1. The molecule has 0 spiro atoms. The molecule has 0 N–H and O–H groups in total. The van der Waals surface area contributed by atoms with Crippen molar-refractivity contribution in [2.24, 2.45) is 0 Å². The molecule has 0 bridgehead atoms. The maximum absolute atomic E-state index is 12.8. The average molecular weight is 381 g/mol. The Hall–Kier alpha value is -2.85. The second kappa shape index (κ2) is 9.19. The molecular weight excluding hydrogens is 360 g/mol. The van der Waals surface area contributed by atoms with Crippen molar-refractivity contribution >= 4 is 23.3 Å². The number of carbonyl (C=O) groups is 1. The van der Waals surface area contributed by atoms with E-state index >= 15 is 0 Å². The fraction of sp³-hybridized carbons (Fsp3) is 0.182. The maximum Gasteiger partial charge on any atom is 0.266 e. The summed E-state index contributed by atoms with van der Waals surface area (Å²) in [5.74, 6) is 1.03. The number of benzene rings is 2. The number of anilines is 1. The van der Waals surface area contributed by atoms with Gasteiger partial charge in [-0.2, -0.15) is 0 Å². The number of amides is 1. The third-order valence-electron chi connectivity index (χ3n) is 4.17. The Balaban J connectivity index is 1.74. The summed E-state index contributed by atoms with van der Waals surface area (Å²) in [5, 5.41) is 0.624. The van der Waals surface area contributed by atoms with E-state index in [4.69, 9.17) is 16.3 Å². The molecule has 3 aromatic rings. The van der Waals surface area contributed by atoms with Crippen LogP contribution in [-0.4, -0.2) is 17.5 Å². The first-order valence-corrected chi connectivity index (χ1v) is 9.21. The van der Waals surface area contributed by atoms with Gasteiger partial charge in [0, 0.05) is 11.2 Å². The third-order valence-corrected chi connectivity index (χ3v) is 4.43. The molecule has 138 valence electrons. The summed E-state index contributed by atoms with van der Waals surface area (Å²) >= 11 is 5.88. The first-order valence-electron chi connectivity index (χ1n) is 8.83. The molecule has 0 fully saturated rings. The van der Waals surface area contributed by atoms with Crippen LogP contribution in [0.4, 0.5) is 5.82 Å². The summed E-state index contributed by atoms with van der Waals surface area (Å²) in [6.45, 7) is 2.47. The molecule has 27 heavy (non-hydrogen) atoms. The molecule has 0 unspecified atom stereocenters. The average Bonchev–Trinajstić information content (AvgIpc) is 2.72. The summed E-state index contributed by atoms with van der Waals surface area (Å²) in [4.78, 5) is 18.8. The highest BCUT2D eigenvalue weighted by Crippen LogP contribution is 2.18. The predicted molar refractivity (Wildman–Crippen MR) is 108 cm³/mol. The first kappa shape index (κ1) is 18.9. The number of carbonyl (C=O) groups excluding carboxylic acids is 1. The zero-order valence-corrected chi connectivity index (χ0v) is 15.9. The van der Waals surface area contributed by atoms with Crippen LogP contribution in [0.5, 0.6) is 5.75 Å². The molecule has 0 atom stereocenters. The number of nitrogens with zero attached hydrogens (tertiary/aromatic N) is 2. The van der Waals surface area contributed by atoms with E-state index in [1.165, 1.54) is 5.56 Å². The Morgan fingerprint density at radius 3 is 2.33 bits per heavy atom. The van der Waals surface area contributed by atoms with E-state index in [0.717, 1.165) is 12.0 Å². The standard InChI is InChI=1S/C22H21ClN2O2/c1-2-17-6-8-18(9-7-17)15-25(21-5-3-4-14-24-21)22(26)16-27-20-12-10-19(23)11-13-20/h3-14H,2,15-16H2,1H3. The van der Waals surface area contributed by atoms with Gasteiger partial charge in [-0.3, -0.25) is 9.69 Å². The lowest BCUT2D eigenvalue weighted by molar-refractivity contribution is -0.120. The number of hydrogen-bond acceptors (Lipinski definition) is 3. The van der Waals surface area contributed by atoms with Gasteiger partial charge in [-0.05, 0) is 53.9 Å². The summed E-state index contributed by atoms with van der Waals surface area (Å²) in [7, 11) is 0. The molecular formula is C22H21ClN2O2. The second-order valence-electron chi connectivity index (χ2n) is 6.08. The molecule has 1 heterocycles. The van der Waals surface area contributed by atoms with E-state index < -0.39 is 0 Å². The topological polar surface area (TPSA) is 42.4 Å². The predicted octanol–water partition coefficient (Wildman–Crippen LogP) is 4.91. The first-order chi connectivity index (χ1) is 13.2. The minimum absolute atomic E-state index is 0.0781. The molecule has 0 saturated heterocycles. The van der Waals surface area contributed by atoms with Crippen molar-refractivity contribution in [3.05, 3.63) is 89.1 Å². The van der Waals surface area contributed by atoms with E-state index in [2.05, 4.69) is 24.0 Å². The molecule has 1 aromatic heterocycles. The van der Waals surface area contributed by atoms with Crippen LogP contribution in [0.15, 0.2) is 72.9 Å². The highest BCUT2D eigenvalue weighted by Gasteiger charge is 2.18. The molecule has 0 saturated carbocycles. The lowest BCUT2D eigenvalue weighted by atomic mass is 10.1. The number of halogens is 1. The highest BCUT2D eigenvalue weighted by atomic mass is 35.5. The molecule has 0 radical (unpaired) electrons. The third kappa shape index (κ3) is 5.31. The van der Waals surface area contributed by atoms with Crippen molar-refractivity contribution in [2.45, 2.75) is 19.9 Å². The van der Waals surface area contributed by atoms with Crippen molar-refractivity contribution in [1.29, 1.82) is 0 Å². The van der Waals surface area contributed by atoms with Gasteiger partial charge in [-0.1, -0.05) is 48.9 Å². The van der Waals surface area contributed by atoms with E-state index in [0.29, 0.717) is 23.1 Å². The Bertz CT molecular complexity index is 865. The largest absolute Gasteiger partial charge is 0.484 e. The number of hydrogen-bond donors (Lipinski definition) is 0. The minimum Gasteiger partial charge on any atom is -0.484 e. The second-order valence-corrected chi connectivity index (χ2v) is 6.52. The lowest BCUT2D eigenvalue weighted by Gasteiger charge is -2.22. The van der Waals surface area contributed by atoms with Gasteiger partial charge in [-0.15, -0.1) is 0 Å². The van der Waals surface area contributed by atoms with Gasteiger partial charge >= 0.3 is 0 Å². The Labute approximate surface area is 164 Å². The number of aryl methyl sites for hydroxylation is 1. The lowest BCUT2D eigenvalue weighted by Crippen LogP contribution is -2.35. The van der Waals surface area contributed by atoms with Gasteiger partial charge in [0.1, 0.15) is 11.6 Å². The van der Waals surface area contributed by atoms with E-state index in [-0.39, 0.29) is 12.5 Å². The molecule has 2 aromatic carbocycles. The van der Waals surface area contributed by atoms with Crippen LogP contribution in [0.3, 0.4) is 0 Å². The smallest absolute Gasteiger partial charge is 0.266 e. The SMILES string of the molecule is CCc1ccc(CN(C(=O)COc2ccc(Cl)cc2)c2ccccn2)cc1. The van der Waals surface area contributed by atoms with Crippen LogP contribution in [0.2, 0.25) is 5.02 Å². The van der Waals surface area contributed by atoms with Gasteiger partial charge in [0.15, 0.2) is 6.61 Å². The molecule has 0 aliphatic carbocycles. The Morgan fingerprint density at radius 2 is 1.70 bits per heavy atom. The van der Waals surface area contributed by atoms with Crippen molar-refractivity contribution < 1.29 is 9.53 Å². The Kier molecular flexibility index (Phi) is 6.44. The van der Waals surface area contributed by atoms with Crippen molar-refractivity contribution in [3.63, 3.8) is 0 Å². The van der Waals surface area contributed by atoms with E-state index in [1.54, 1.807) is 35.4 Å². The molecule has 3 rings (SSSR count). The Morgan fingerprint density at radius 1 is 1.00 bits per heavy atom. The maximum atomic E-state index is 12.8. The van der Waals surface area contributed by atoms with Crippen molar-refractivity contribution in [2.75, 3.05) is 11.5 Å². The quantitative estimate of drug-likeness (QED) is 0.584. The van der Waals surface area contributed by atoms with Gasteiger partial charge in [-0.25, -0.2) is 4.98 Å². The summed E-state index contributed by atoms with van der Waals surface area (Å²) in [5.41, 5.74) is 2.30. The van der Waals surface area contributed by atoms with Crippen LogP contribution in [0.1, 0.15) is 18.1 Å². The normalized spacial score (nSPS) is 10.4. The molecule has 0 aliphatic rings. The van der Waals surface area contributed by atoms with E-state index in [1.807, 2.05) is 30.3 Å². The summed E-state index contributed by atoms with van der Waals surface area (Å²) in [6, 6.07) is 20.7. The molecule has 4 nitrogen and oxygen atoms in total. The van der Waals surface area contributed by atoms with Gasteiger partial charge in [0.25, 0.3) is 5.91 Å². The molecule has 5 heteroatoms. The number of aromatic nitrogens is 1.